The Hall–Kier alpha value is -0.700. The zero-order valence-corrected chi connectivity index (χ0v) is 14.2. The van der Waals surface area contributed by atoms with Gasteiger partial charge in [0.15, 0.2) is 0 Å². The van der Waals surface area contributed by atoms with Crippen molar-refractivity contribution in [2.45, 2.75) is 18.7 Å². The van der Waals surface area contributed by atoms with Gasteiger partial charge in [0.2, 0.25) is 10.0 Å². The Morgan fingerprint density at radius 3 is 2.80 bits per heavy atom. The van der Waals surface area contributed by atoms with Gasteiger partial charge in [-0.2, -0.15) is 0 Å². The molecule has 0 aliphatic rings. The zero-order valence-electron chi connectivity index (χ0n) is 11.8. The number of ether oxygens (including phenoxy) is 1. The predicted molar refractivity (Wildman–Crippen MR) is 82.3 cm³/mol. The van der Waals surface area contributed by atoms with Crippen molar-refractivity contribution in [2.75, 3.05) is 32.1 Å². The fourth-order valence-electron chi connectivity index (χ4n) is 1.60. The van der Waals surface area contributed by atoms with Crippen LogP contribution in [0, 0.1) is 5.92 Å². The van der Waals surface area contributed by atoms with Crippen LogP contribution in [-0.2, 0) is 14.8 Å². The summed E-state index contributed by atoms with van der Waals surface area (Å²) in [6, 6.07) is 1.54. The van der Waals surface area contributed by atoms with Gasteiger partial charge in [-0.25, -0.2) is 18.1 Å². The molecular formula is C12H20BrN3O3S. The molecule has 0 saturated heterocycles. The number of pyridine rings is 1. The van der Waals surface area contributed by atoms with E-state index in [4.69, 9.17) is 4.74 Å². The SMILES string of the molecule is CCNc1ncc(Br)cc1S(=O)(=O)NCC(C)COC. The smallest absolute Gasteiger partial charge is 0.244 e. The molecule has 0 spiro atoms. The van der Waals surface area contributed by atoms with Gasteiger partial charge in [0.05, 0.1) is 0 Å². The van der Waals surface area contributed by atoms with Crippen molar-refractivity contribution in [3.05, 3.63) is 16.7 Å². The van der Waals surface area contributed by atoms with E-state index in [0.717, 1.165) is 0 Å². The van der Waals surface area contributed by atoms with Gasteiger partial charge >= 0.3 is 0 Å². The Morgan fingerprint density at radius 2 is 2.20 bits per heavy atom. The molecule has 0 aliphatic carbocycles. The number of sulfonamides is 1. The van der Waals surface area contributed by atoms with Gasteiger partial charge in [0.1, 0.15) is 10.7 Å². The lowest BCUT2D eigenvalue weighted by atomic mass is 10.2. The first-order valence-corrected chi connectivity index (χ1v) is 8.56. The number of anilines is 1. The van der Waals surface area contributed by atoms with Crippen molar-refractivity contribution < 1.29 is 13.2 Å². The molecule has 1 atom stereocenters. The standard InChI is InChI=1S/C12H20BrN3O3S/c1-4-14-12-11(5-10(13)7-15-12)20(17,18)16-6-9(2)8-19-3/h5,7,9,16H,4,6,8H2,1-3H3,(H,14,15). The summed E-state index contributed by atoms with van der Waals surface area (Å²) >= 11 is 3.24. The summed E-state index contributed by atoms with van der Waals surface area (Å²) in [4.78, 5) is 4.23. The van der Waals surface area contributed by atoms with Crippen molar-refractivity contribution in [2.24, 2.45) is 5.92 Å². The van der Waals surface area contributed by atoms with Crippen LogP contribution >= 0.6 is 15.9 Å². The van der Waals surface area contributed by atoms with Crippen LogP contribution in [0.5, 0.6) is 0 Å². The molecule has 1 aromatic rings. The second-order valence-electron chi connectivity index (χ2n) is 4.44. The highest BCUT2D eigenvalue weighted by atomic mass is 79.9. The fourth-order valence-corrected chi connectivity index (χ4v) is 3.40. The first-order chi connectivity index (χ1) is 9.40. The Morgan fingerprint density at radius 1 is 1.50 bits per heavy atom. The van der Waals surface area contributed by atoms with Crippen molar-refractivity contribution in [1.29, 1.82) is 0 Å². The van der Waals surface area contributed by atoms with Gasteiger partial charge in [0.25, 0.3) is 0 Å². The number of aromatic nitrogens is 1. The number of nitrogens with zero attached hydrogens (tertiary/aromatic N) is 1. The van der Waals surface area contributed by atoms with Crippen LogP contribution in [0.1, 0.15) is 13.8 Å². The van der Waals surface area contributed by atoms with E-state index in [9.17, 15) is 8.42 Å². The van der Waals surface area contributed by atoms with Gasteiger partial charge in [-0.05, 0) is 34.8 Å². The third kappa shape index (κ3) is 5.01. The van der Waals surface area contributed by atoms with Gasteiger partial charge in [0, 0.05) is 37.5 Å². The molecule has 1 unspecified atom stereocenters. The Bertz CT molecular complexity index is 537. The third-order valence-corrected chi connectivity index (χ3v) is 4.40. The average Bonchev–Trinajstić information content (AvgIpc) is 2.39. The highest BCUT2D eigenvalue weighted by Gasteiger charge is 2.20. The summed E-state index contributed by atoms with van der Waals surface area (Å²) in [5.41, 5.74) is 0. The fraction of sp³-hybridized carbons (Fsp3) is 0.583. The Kier molecular flexibility index (Phi) is 6.87. The zero-order chi connectivity index (χ0) is 15.2. The molecule has 0 saturated carbocycles. The molecule has 1 aromatic heterocycles. The van der Waals surface area contributed by atoms with Crippen molar-refractivity contribution in [1.82, 2.24) is 9.71 Å². The minimum Gasteiger partial charge on any atom is -0.384 e. The third-order valence-electron chi connectivity index (χ3n) is 2.53. The monoisotopic (exact) mass is 365 g/mol. The topological polar surface area (TPSA) is 80.3 Å². The Labute approximate surface area is 128 Å². The van der Waals surface area contributed by atoms with Gasteiger partial charge < -0.3 is 10.1 Å². The Balaban J connectivity index is 2.93. The lowest BCUT2D eigenvalue weighted by Gasteiger charge is -2.14. The first-order valence-electron chi connectivity index (χ1n) is 6.28. The summed E-state index contributed by atoms with van der Waals surface area (Å²) in [7, 11) is -2.02. The van der Waals surface area contributed by atoms with Gasteiger partial charge in [-0.1, -0.05) is 6.92 Å². The first kappa shape index (κ1) is 17.4. The molecule has 0 amide bonds. The van der Waals surface area contributed by atoms with Crippen LogP contribution in [-0.4, -0.2) is 40.2 Å². The minimum absolute atomic E-state index is 0.0949. The normalized spacial score (nSPS) is 13.2. The molecule has 114 valence electrons. The summed E-state index contributed by atoms with van der Waals surface area (Å²) < 4.78 is 32.9. The second kappa shape index (κ2) is 7.92. The molecule has 1 rings (SSSR count). The number of hydrogen-bond donors (Lipinski definition) is 2. The van der Waals surface area contributed by atoms with E-state index in [1.807, 2.05) is 13.8 Å². The quantitative estimate of drug-likeness (QED) is 0.734. The second-order valence-corrected chi connectivity index (χ2v) is 7.09. The molecule has 1 heterocycles. The van der Waals surface area contributed by atoms with E-state index in [1.165, 1.54) is 6.07 Å². The molecule has 0 radical (unpaired) electrons. The van der Waals surface area contributed by atoms with Crippen LogP contribution in [0.2, 0.25) is 0 Å². The molecule has 2 N–H and O–H groups in total. The van der Waals surface area contributed by atoms with E-state index >= 15 is 0 Å². The highest BCUT2D eigenvalue weighted by molar-refractivity contribution is 9.10. The van der Waals surface area contributed by atoms with E-state index < -0.39 is 10.0 Å². The van der Waals surface area contributed by atoms with Crippen molar-refractivity contribution in [3.8, 4) is 0 Å². The maximum Gasteiger partial charge on any atom is 0.244 e. The maximum atomic E-state index is 12.3. The van der Waals surface area contributed by atoms with Crippen LogP contribution in [0.25, 0.3) is 0 Å². The molecule has 8 heteroatoms. The lowest BCUT2D eigenvalue weighted by molar-refractivity contribution is 0.161. The molecule has 0 aromatic carbocycles. The molecule has 0 aliphatic heterocycles. The molecular weight excluding hydrogens is 346 g/mol. The van der Waals surface area contributed by atoms with E-state index in [-0.39, 0.29) is 10.8 Å². The number of methoxy groups -OCH3 is 1. The molecule has 20 heavy (non-hydrogen) atoms. The highest BCUT2D eigenvalue weighted by Crippen LogP contribution is 2.22. The number of halogens is 1. The van der Waals surface area contributed by atoms with E-state index in [1.54, 1.807) is 13.3 Å². The summed E-state index contributed by atoms with van der Waals surface area (Å²) in [6.45, 7) is 5.20. The van der Waals surface area contributed by atoms with Crippen LogP contribution < -0.4 is 10.0 Å². The summed E-state index contributed by atoms with van der Waals surface area (Å²) in [5, 5.41) is 2.95. The van der Waals surface area contributed by atoms with E-state index in [0.29, 0.717) is 30.0 Å². The summed E-state index contributed by atoms with van der Waals surface area (Å²) in [5.74, 6) is 0.445. The maximum absolute atomic E-state index is 12.3. The van der Waals surface area contributed by atoms with Crippen LogP contribution in [0.4, 0.5) is 5.82 Å². The van der Waals surface area contributed by atoms with Gasteiger partial charge in [-0.3, -0.25) is 0 Å². The summed E-state index contributed by atoms with van der Waals surface area (Å²) in [6.07, 6.45) is 1.56. The van der Waals surface area contributed by atoms with E-state index in [2.05, 4.69) is 31.0 Å². The van der Waals surface area contributed by atoms with Gasteiger partial charge in [-0.15, -0.1) is 0 Å². The van der Waals surface area contributed by atoms with Crippen LogP contribution in [0.3, 0.4) is 0 Å². The van der Waals surface area contributed by atoms with Crippen molar-refractivity contribution in [3.63, 3.8) is 0 Å². The number of hydrogen-bond acceptors (Lipinski definition) is 5. The molecule has 0 bridgehead atoms. The number of rotatable bonds is 8. The van der Waals surface area contributed by atoms with Crippen molar-refractivity contribution >= 4 is 31.8 Å². The minimum atomic E-state index is -3.61. The lowest BCUT2D eigenvalue weighted by Crippen LogP contribution is -2.30. The van der Waals surface area contributed by atoms with Crippen LogP contribution in [0.15, 0.2) is 21.6 Å². The molecule has 0 fully saturated rings. The largest absolute Gasteiger partial charge is 0.384 e. The average molecular weight is 366 g/mol. The molecule has 6 nitrogen and oxygen atoms in total. The predicted octanol–water partition coefficient (Wildman–Crippen LogP) is 1.84. The number of nitrogens with one attached hydrogen (secondary N) is 2.